The molecule has 7 heteroatoms. The van der Waals surface area contributed by atoms with Gasteiger partial charge in [0.05, 0.1) is 5.69 Å². The van der Waals surface area contributed by atoms with E-state index in [0.717, 1.165) is 17.7 Å². The largest absolute Gasteiger partial charge is 0.331 e. The van der Waals surface area contributed by atoms with Gasteiger partial charge in [-0.25, -0.2) is 9.78 Å². The predicted molar refractivity (Wildman–Crippen MR) is 118 cm³/mol. The summed E-state index contributed by atoms with van der Waals surface area (Å²) in [5.41, 5.74) is 3.30. The molecule has 1 aromatic carbocycles. The molecule has 0 radical (unpaired) electrons. The summed E-state index contributed by atoms with van der Waals surface area (Å²) in [6.07, 6.45) is 4.87. The fraction of sp³-hybridized carbons (Fsp3) is 0.500. The zero-order valence-corrected chi connectivity index (χ0v) is 18.3. The third kappa shape index (κ3) is 5.56. The van der Waals surface area contributed by atoms with Gasteiger partial charge >= 0.3 is 6.03 Å². The Kier molecular flexibility index (Phi) is 7.25. The molecule has 1 aliphatic rings. The van der Waals surface area contributed by atoms with Gasteiger partial charge in [0.1, 0.15) is 0 Å². The van der Waals surface area contributed by atoms with Crippen LogP contribution < -0.4 is 5.32 Å². The van der Waals surface area contributed by atoms with E-state index in [-0.39, 0.29) is 17.9 Å². The Labute approximate surface area is 176 Å². The molecule has 156 valence electrons. The molecule has 1 N–H and O–H groups in total. The number of carbonyl (C=O) groups excluding carboxylic acids is 2. The van der Waals surface area contributed by atoms with Crippen LogP contribution in [0.1, 0.15) is 38.2 Å². The van der Waals surface area contributed by atoms with E-state index in [4.69, 9.17) is 0 Å². The highest BCUT2D eigenvalue weighted by atomic mass is 32.1. The summed E-state index contributed by atoms with van der Waals surface area (Å²) in [6, 6.07) is 8.53. The molecule has 6 nitrogen and oxygen atoms in total. The number of carbonyl (C=O) groups is 2. The zero-order valence-electron chi connectivity index (χ0n) is 17.5. The first-order valence-corrected chi connectivity index (χ1v) is 11.2. The van der Waals surface area contributed by atoms with Crippen molar-refractivity contribution in [2.45, 2.75) is 39.0 Å². The van der Waals surface area contributed by atoms with Gasteiger partial charge < -0.3 is 15.1 Å². The van der Waals surface area contributed by atoms with Gasteiger partial charge in [-0.05, 0) is 31.2 Å². The van der Waals surface area contributed by atoms with Crippen LogP contribution in [0.3, 0.4) is 0 Å². The molecule has 1 aromatic heterocycles. The summed E-state index contributed by atoms with van der Waals surface area (Å²) < 4.78 is 0. The number of nitrogens with one attached hydrogen (secondary N) is 1. The number of benzene rings is 1. The minimum Gasteiger partial charge on any atom is -0.331 e. The molecule has 0 spiro atoms. The summed E-state index contributed by atoms with van der Waals surface area (Å²) in [6.45, 7) is 3.43. The van der Waals surface area contributed by atoms with E-state index < -0.39 is 0 Å². The quantitative estimate of drug-likeness (QED) is 0.758. The molecule has 3 rings (SSSR count). The maximum absolute atomic E-state index is 12.6. The molecule has 1 fully saturated rings. The number of aromatic nitrogens is 1. The Bertz CT molecular complexity index is 824. The molecule has 2 aromatic rings. The topological polar surface area (TPSA) is 65.5 Å². The second-order valence-corrected chi connectivity index (χ2v) is 8.62. The predicted octanol–water partition coefficient (Wildman–Crippen LogP) is 4.48. The van der Waals surface area contributed by atoms with Crippen molar-refractivity contribution in [3.63, 3.8) is 0 Å². The maximum atomic E-state index is 12.6. The molecule has 1 saturated heterocycles. The van der Waals surface area contributed by atoms with Crippen molar-refractivity contribution < 1.29 is 9.59 Å². The molecule has 0 aliphatic carbocycles. The summed E-state index contributed by atoms with van der Waals surface area (Å²) >= 11 is 1.45. The van der Waals surface area contributed by atoms with Gasteiger partial charge in [-0.15, -0.1) is 11.3 Å². The number of nitrogens with zero attached hydrogens (tertiary/aromatic N) is 3. The first-order valence-electron chi connectivity index (χ1n) is 10.3. The van der Waals surface area contributed by atoms with Crippen LogP contribution in [0.25, 0.3) is 11.3 Å². The molecular formula is C22H30N4O2S. The van der Waals surface area contributed by atoms with E-state index in [9.17, 15) is 9.59 Å². The van der Waals surface area contributed by atoms with Crippen LogP contribution in [-0.4, -0.2) is 53.9 Å². The second kappa shape index (κ2) is 9.87. The number of anilines is 1. The number of likely N-dealkylation sites (tertiary alicyclic amines) is 1. The third-order valence-electron chi connectivity index (χ3n) is 5.32. The standard InChI is InChI=1S/C22H30N4O2S/c1-4-5-6-16-7-9-17(10-8-16)19-15-29-21(23-19)24-20(27)18-11-13-26(14-12-18)22(28)25(2)3/h7-10,15,18H,4-6,11-14H2,1-3H3,(H,23,24,27). The number of aryl methyl sites for hydroxylation is 1. The third-order valence-corrected chi connectivity index (χ3v) is 6.08. The summed E-state index contributed by atoms with van der Waals surface area (Å²) in [4.78, 5) is 32.6. The van der Waals surface area contributed by atoms with Crippen molar-refractivity contribution in [3.05, 3.63) is 35.2 Å². The van der Waals surface area contributed by atoms with E-state index in [1.54, 1.807) is 23.9 Å². The minimum absolute atomic E-state index is 0.00207. The Hall–Kier alpha value is -2.41. The van der Waals surface area contributed by atoms with Gasteiger partial charge in [-0.2, -0.15) is 0 Å². The van der Waals surface area contributed by atoms with Crippen LogP contribution in [0, 0.1) is 5.92 Å². The molecule has 0 atom stereocenters. The van der Waals surface area contributed by atoms with Crippen LogP contribution in [0.4, 0.5) is 9.93 Å². The number of thiazole rings is 1. The highest BCUT2D eigenvalue weighted by Gasteiger charge is 2.28. The molecule has 0 unspecified atom stereocenters. The molecule has 0 bridgehead atoms. The highest BCUT2D eigenvalue weighted by Crippen LogP contribution is 2.27. The first-order chi connectivity index (χ1) is 14.0. The first kappa shape index (κ1) is 21.3. The number of unbranched alkanes of at least 4 members (excludes halogenated alkanes) is 1. The van der Waals surface area contributed by atoms with Crippen molar-refractivity contribution in [1.29, 1.82) is 0 Å². The Morgan fingerprint density at radius 2 is 1.90 bits per heavy atom. The maximum Gasteiger partial charge on any atom is 0.319 e. The summed E-state index contributed by atoms with van der Waals surface area (Å²) in [7, 11) is 3.50. The second-order valence-electron chi connectivity index (χ2n) is 7.77. The van der Waals surface area contributed by atoms with Gasteiger partial charge in [0.15, 0.2) is 5.13 Å². The lowest BCUT2D eigenvalue weighted by molar-refractivity contribution is -0.121. The number of rotatable bonds is 6. The molecule has 1 aliphatic heterocycles. The lowest BCUT2D eigenvalue weighted by atomic mass is 9.96. The van der Waals surface area contributed by atoms with Crippen molar-refractivity contribution in [2.75, 3.05) is 32.5 Å². The monoisotopic (exact) mass is 414 g/mol. The number of hydrogen-bond donors (Lipinski definition) is 1. The summed E-state index contributed by atoms with van der Waals surface area (Å²) in [5, 5.41) is 5.58. The molecule has 29 heavy (non-hydrogen) atoms. The van der Waals surface area contributed by atoms with Crippen molar-refractivity contribution in [1.82, 2.24) is 14.8 Å². The van der Waals surface area contributed by atoms with Gasteiger partial charge in [-0.3, -0.25) is 4.79 Å². The van der Waals surface area contributed by atoms with Crippen LogP contribution in [0.15, 0.2) is 29.6 Å². The Balaban J connectivity index is 1.53. The van der Waals surface area contributed by atoms with E-state index in [0.29, 0.717) is 31.1 Å². The normalized spacial score (nSPS) is 14.7. The average molecular weight is 415 g/mol. The van der Waals surface area contributed by atoms with Crippen LogP contribution >= 0.6 is 11.3 Å². The van der Waals surface area contributed by atoms with E-state index in [1.165, 1.54) is 29.7 Å². The Morgan fingerprint density at radius 1 is 1.21 bits per heavy atom. The van der Waals surface area contributed by atoms with Crippen molar-refractivity contribution >= 4 is 28.4 Å². The zero-order chi connectivity index (χ0) is 20.8. The molecule has 3 amide bonds. The number of hydrogen-bond acceptors (Lipinski definition) is 4. The van der Waals surface area contributed by atoms with Crippen molar-refractivity contribution in [2.24, 2.45) is 5.92 Å². The lowest BCUT2D eigenvalue weighted by Crippen LogP contribution is -2.45. The lowest BCUT2D eigenvalue weighted by Gasteiger charge is -2.32. The fourth-order valence-electron chi connectivity index (χ4n) is 3.51. The highest BCUT2D eigenvalue weighted by molar-refractivity contribution is 7.14. The fourth-order valence-corrected chi connectivity index (χ4v) is 4.23. The van der Waals surface area contributed by atoms with Crippen LogP contribution in [0.5, 0.6) is 0 Å². The minimum atomic E-state index is -0.0774. The van der Waals surface area contributed by atoms with E-state index >= 15 is 0 Å². The van der Waals surface area contributed by atoms with Crippen molar-refractivity contribution in [3.8, 4) is 11.3 Å². The van der Waals surface area contributed by atoms with Gasteiger partial charge in [0.2, 0.25) is 5.91 Å². The molecule has 2 heterocycles. The van der Waals surface area contributed by atoms with Gasteiger partial charge in [0, 0.05) is 44.0 Å². The van der Waals surface area contributed by atoms with Crippen LogP contribution in [0.2, 0.25) is 0 Å². The molecule has 0 saturated carbocycles. The SMILES string of the molecule is CCCCc1ccc(-c2csc(NC(=O)C3CCN(C(=O)N(C)C)CC3)n2)cc1. The number of piperidine rings is 1. The molecular weight excluding hydrogens is 384 g/mol. The van der Waals surface area contributed by atoms with Gasteiger partial charge in [0.25, 0.3) is 0 Å². The number of urea groups is 1. The Morgan fingerprint density at radius 3 is 2.52 bits per heavy atom. The number of amides is 3. The summed E-state index contributed by atoms with van der Waals surface area (Å²) in [5.74, 6) is -0.0795. The van der Waals surface area contributed by atoms with Crippen LogP contribution in [-0.2, 0) is 11.2 Å². The van der Waals surface area contributed by atoms with E-state index in [1.807, 2.05) is 5.38 Å². The van der Waals surface area contributed by atoms with Gasteiger partial charge in [-0.1, -0.05) is 37.6 Å². The average Bonchev–Trinajstić information content (AvgIpc) is 3.20. The smallest absolute Gasteiger partial charge is 0.319 e. The van der Waals surface area contributed by atoms with E-state index in [2.05, 4.69) is 41.5 Å².